The van der Waals surface area contributed by atoms with Crippen molar-refractivity contribution in [1.82, 2.24) is 14.8 Å². The maximum Gasteiger partial charge on any atom is 0.416 e. The van der Waals surface area contributed by atoms with E-state index in [1.165, 1.54) is 6.08 Å². The van der Waals surface area contributed by atoms with Gasteiger partial charge < -0.3 is 19.3 Å². The van der Waals surface area contributed by atoms with E-state index in [-0.39, 0.29) is 24.6 Å². The van der Waals surface area contributed by atoms with E-state index in [4.69, 9.17) is 14.5 Å². The number of alkyl halides is 2. The summed E-state index contributed by atoms with van der Waals surface area (Å²) in [6.45, 7) is 13.3. The van der Waals surface area contributed by atoms with Crippen LogP contribution in [0.25, 0.3) is 0 Å². The number of unbranched alkanes of at least 4 members (excludes halogenated alkanes) is 2. The number of carbonyl (C=O) groups excluding carboxylic acids is 2. The molecule has 8 nitrogen and oxygen atoms in total. The normalized spacial score (nSPS) is 20.0. The summed E-state index contributed by atoms with van der Waals surface area (Å²) in [5.74, 6) is -2.19. The third-order valence-electron chi connectivity index (χ3n) is 7.71. The van der Waals surface area contributed by atoms with Crippen LogP contribution in [0, 0.1) is 0 Å². The van der Waals surface area contributed by atoms with Crippen LogP contribution >= 0.6 is 0 Å². The SMILES string of the molecule is CC(C)(C)OC(=O)N1CC[C@@H](N(CCCCCc2ccc3c(n2)N(C(=O)OC(C)(C)C)CCC3)C2=CC=CC(F)(F)C2)C1. The van der Waals surface area contributed by atoms with Crippen LogP contribution in [0.3, 0.4) is 0 Å². The topological polar surface area (TPSA) is 75.2 Å². The van der Waals surface area contributed by atoms with E-state index in [1.807, 2.05) is 47.6 Å². The van der Waals surface area contributed by atoms with Crippen LogP contribution in [0.4, 0.5) is 24.2 Å². The average Bonchev–Trinajstić information content (AvgIpc) is 3.38. The first-order chi connectivity index (χ1) is 20.1. The molecule has 0 aromatic carbocycles. The monoisotopic (exact) mass is 602 g/mol. The van der Waals surface area contributed by atoms with Crippen LogP contribution in [0.2, 0.25) is 0 Å². The van der Waals surface area contributed by atoms with Crippen LogP contribution in [0.1, 0.15) is 91.3 Å². The minimum Gasteiger partial charge on any atom is -0.444 e. The van der Waals surface area contributed by atoms with Gasteiger partial charge in [-0.3, -0.25) is 4.90 Å². The highest BCUT2D eigenvalue weighted by Crippen LogP contribution is 2.33. The summed E-state index contributed by atoms with van der Waals surface area (Å²) in [6, 6.07) is 4.06. The molecule has 0 radical (unpaired) electrons. The zero-order valence-corrected chi connectivity index (χ0v) is 26.6. The fourth-order valence-electron chi connectivity index (χ4n) is 5.78. The number of carbonyl (C=O) groups is 2. The average molecular weight is 603 g/mol. The predicted octanol–water partition coefficient (Wildman–Crippen LogP) is 7.27. The number of anilines is 1. The van der Waals surface area contributed by atoms with Gasteiger partial charge in [0, 0.05) is 43.6 Å². The summed E-state index contributed by atoms with van der Waals surface area (Å²) < 4.78 is 39.8. The molecule has 10 heteroatoms. The second-order valence-electron chi connectivity index (χ2n) is 13.8. The van der Waals surface area contributed by atoms with Crippen molar-refractivity contribution < 1.29 is 27.8 Å². The van der Waals surface area contributed by atoms with Crippen LogP contribution in [-0.4, -0.2) is 76.3 Å². The number of halogens is 2. The van der Waals surface area contributed by atoms with Gasteiger partial charge >= 0.3 is 12.2 Å². The Labute approximate surface area is 255 Å². The predicted molar refractivity (Wildman–Crippen MR) is 163 cm³/mol. The highest BCUT2D eigenvalue weighted by molar-refractivity contribution is 5.88. The van der Waals surface area contributed by atoms with Gasteiger partial charge in [-0.25, -0.2) is 23.4 Å². The molecule has 1 atom stereocenters. The van der Waals surface area contributed by atoms with E-state index in [0.29, 0.717) is 44.1 Å². The number of hydrogen-bond acceptors (Lipinski definition) is 6. The van der Waals surface area contributed by atoms with E-state index in [0.717, 1.165) is 55.9 Å². The first kappa shape index (κ1) is 32.7. The largest absolute Gasteiger partial charge is 0.444 e. The molecule has 2 aliphatic heterocycles. The second kappa shape index (κ2) is 13.2. The molecule has 0 saturated carbocycles. The van der Waals surface area contributed by atoms with E-state index < -0.39 is 17.1 Å². The minimum absolute atomic E-state index is 0.0396. The molecule has 0 bridgehead atoms. The Morgan fingerprint density at radius 2 is 1.74 bits per heavy atom. The lowest BCUT2D eigenvalue weighted by Crippen LogP contribution is -2.41. The summed E-state index contributed by atoms with van der Waals surface area (Å²) >= 11 is 0. The number of rotatable bonds is 8. The number of aryl methyl sites for hydroxylation is 2. The molecule has 0 N–H and O–H groups in total. The highest BCUT2D eigenvalue weighted by atomic mass is 19.3. The number of aromatic nitrogens is 1. The molecular formula is C33H48F2N4O4. The third-order valence-corrected chi connectivity index (χ3v) is 7.71. The summed E-state index contributed by atoms with van der Waals surface area (Å²) in [5.41, 5.74) is 1.43. The van der Waals surface area contributed by atoms with Gasteiger partial charge in [-0.2, -0.15) is 0 Å². The van der Waals surface area contributed by atoms with Gasteiger partial charge in [0.2, 0.25) is 0 Å². The molecule has 1 aliphatic carbocycles. The standard InChI is InChI=1S/C33H48F2N4O4/c1-31(2,3)42-29(40)37-21-17-27(23-37)38(26-14-10-18-33(34,35)22-26)19-9-7-8-13-25-16-15-24-12-11-20-39(28(24)36-25)30(41)43-32(4,5)6/h10,14-16,18,27H,7-9,11-13,17,19-23H2,1-6H3/t27-/m1/s1. The van der Waals surface area contributed by atoms with Gasteiger partial charge in [-0.1, -0.05) is 18.6 Å². The third kappa shape index (κ3) is 9.41. The fraction of sp³-hybridized carbons (Fsp3) is 0.667. The van der Waals surface area contributed by atoms with Crippen molar-refractivity contribution in [2.45, 2.75) is 116 Å². The lowest BCUT2D eigenvalue weighted by atomic mass is 10.0. The molecule has 4 rings (SSSR count). The molecule has 43 heavy (non-hydrogen) atoms. The number of allylic oxidation sites excluding steroid dienone is 4. The van der Waals surface area contributed by atoms with Crippen molar-refractivity contribution in [3.05, 3.63) is 47.3 Å². The Hall–Kier alpha value is -3.17. The Kier molecular flexibility index (Phi) is 10.1. The maximum atomic E-state index is 14.3. The van der Waals surface area contributed by atoms with Crippen LogP contribution in [0.15, 0.2) is 36.1 Å². The molecule has 1 fully saturated rings. The maximum absolute atomic E-state index is 14.3. The minimum atomic E-state index is -2.88. The molecular weight excluding hydrogens is 554 g/mol. The highest BCUT2D eigenvalue weighted by Gasteiger charge is 2.37. The number of fused-ring (bicyclic) bond motifs is 1. The molecule has 1 saturated heterocycles. The van der Waals surface area contributed by atoms with Gasteiger partial charge in [0.15, 0.2) is 0 Å². The number of ether oxygens (including phenoxy) is 2. The summed E-state index contributed by atoms with van der Waals surface area (Å²) in [5, 5.41) is 0. The van der Waals surface area contributed by atoms with Crippen molar-refractivity contribution in [1.29, 1.82) is 0 Å². The number of pyridine rings is 1. The fourth-order valence-corrected chi connectivity index (χ4v) is 5.78. The van der Waals surface area contributed by atoms with Gasteiger partial charge in [-0.05, 0) is 104 Å². The van der Waals surface area contributed by atoms with Crippen molar-refractivity contribution >= 4 is 18.0 Å². The first-order valence-electron chi connectivity index (χ1n) is 15.6. The zero-order chi connectivity index (χ0) is 31.4. The molecule has 238 valence electrons. The molecule has 1 aromatic heterocycles. The van der Waals surface area contributed by atoms with Crippen LogP contribution in [-0.2, 0) is 22.3 Å². The number of amides is 2. The number of likely N-dealkylation sites (tertiary alicyclic amines) is 1. The number of hydrogen-bond donors (Lipinski definition) is 0. The number of nitrogens with zero attached hydrogens (tertiary/aromatic N) is 4. The van der Waals surface area contributed by atoms with E-state index in [2.05, 4.69) is 11.0 Å². The van der Waals surface area contributed by atoms with E-state index >= 15 is 0 Å². The Bertz CT molecular complexity index is 1220. The summed E-state index contributed by atoms with van der Waals surface area (Å²) in [6.07, 6.45) is 8.93. The van der Waals surface area contributed by atoms with Gasteiger partial charge in [0.1, 0.15) is 17.0 Å². The molecule has 3 heterocycles. The molecule has 3 aliphatic rings. The second-order valence-corrected chi connectivity index (χ2v) is 13.8. The Morgan fingerprint density at radius 1 is 1.02 bits per heavy atom. The first-order valence-corrected chi connectivity index (χ1v) is 15.6. The molecule has 0 spiro atoms. The molecule has 0 unspecified atom stereocenters. The zero-order valence-electron chi connectivity index (χ0n) is 26.6. The van der Waals surface area contributed by atoms with Gasteiger partial charge in [0.25, 0.3) is 5.92 Å². The summed E-state index contributed by atoms with van der Waals surface area (Å²) in [7, 11) is 0. The van der Waals surface area contributed by atoms with E-state index in [9.17, 15) is 18.4 Å². The van der Waals surface area contributed by atoms with Crippen molar-refractivity contribution in [2.24, 2.45) is 0 Å². The van der Waals surface area contributed by atoms with Crippen LogP contribution in [0.5, 0.6) is 0 Å². The lowest BCUT2D eigenvalue weighted by Gasteiger charge is -2.35. The van der Waals surface area contributed by atoms with Crippen molar-refractivity contribution in [2.75, 3.05) is 31.1 Å². The summed E-state index contributed by atoms with van der Waals surface area (Å²) in [4.78, 5) is 35.7. The van der Waals surface area contributed by atoms with Crippen molar-refractivity contribution in [3.8, 4) is 0 Å². The lowest BCUT2D eigenvalue weighted by molar-refractivity contribution is 0.0267. The van der Waals surface area contributed by atoms with Crippen LogP contribution < -0.4 is 4.90 Å². The quantitative estimate of drug-likeness (QED) is 0.291. The smallest absolute Gasteiger partial charge is 0.416 e. The van der Waals surface area contributed by atoms with Gasteiger partial charge in [-0.15, -0.1) is 0 Å². The Balaban J connectivity index is 1.35. The van der Waals surface area contributed by atoms with Crippen molar-refractivity contribution in [3.63, 3.8) is 0 Å². The Morgan fingerprint density at radius 3 is 2.44 bits per heavy atom. The van der Waals surface area contributed by atoms with E-state index in [1.54, 1.807) is 15.9 Å². The van der Waals surface area contributed by atoms with Gasteiger partial charge in [0.05, 0.1) is 6.42 Å². The molecule has 2 amide bonds. The molecule has 1 aromatic rings.